The van der Waals surface area contributed by atoms with Crippen LogP contribution in [0.1, 0.15) is 50.5 Å². The Labute approximate surface area is 123 Å². The van der Waals surface area contributed by atoms with E-state index in [9.17, 15) is 0 Å². The van der Waals surface area contributed by atoms with Gasteiger partial charge < -0.3 is 5.32 Å². The topological polar surface area (TPSA) is 12.0 Å². The van der Waals surface area contributed by atoms with Crippen molar-refractivity contribution in [2.24, 2.45) is 0 Å². The highest BCUT2D eigenvalue weighted by molar-refractivity contribution is 5.85. The van der Waals surface area contributed by atoms with Gasteiger partial charge in [-0.15, -0.1) is 12.4 Å². The average molecular weight is 280 g/mol. The molecule has 1 aliphatic carbocycles. The number of allylic oxidation sites excluding steroid dienone is 1. The third-order valence-electron chi connectivity index (χ3n) is 3.83. The van der Waals surface area contributed by atoms with Crippen LogP contribution in [0.2, 0.25) is 0 Å². The number of halogens is 1. The molecule has 2 rings (SSSR count). The molecule has 0 saturated carbocycles. The summed E-state index contributed by atoms with van der Waals surface area (Å²) in [5.41, 5.74) is 3.10. The van der Waals surface area contributed by atoms with Crippen molar-refractivity contribution in [2.75, 3.05) is 13.1 Å². The molecule has 1 aromatic carbocycles. The van der Waals surface area contributed by atoms with E-state index in [1.54, 1.807) is 5.57 Å². The number of hydrogen-bond donors (Lipinski definition) is 1. The highest BCUT2D eigenvalue weighted by Crippen LogP contribution is 2.19. The standard InChI is InChI=1S/C17H25N.ClH/c1-15(17-10-6-3-7-11-17)14-18-13-12-16-8-4-2-5-9-16;/h3,6-8,10-11,15,18H,2,4-5,9,12-14H2,1H3;1H. The van der Waals surface area contributed by atoms with Crippen molar-refractivity contribution in [3.63, 3.8) is 0 Å². The molecule has 2 heteroatoms. The SMILES string of the molecule is CC(CNCCC1=CCCCC1)c1ccccc1.Cl. The Morgan fingerprint density at radius 3 is 2.63 bits per heavy atom. The van der Waals surface area contributed by atoms with Crippen molar-refractivity contribution in [1.82, 2.24) is 5.32 Å². The summed E-state index contributed by atoms with van der Waals surface area (Å²) in [5, 5.41) is 3.59. The first-order valence-electron chi connectivity index (χ1n) is 7.30. The van der Waals surface area contributed by atoms with Gasteiger partial charge in [-0.05, 0) is 50.1 Å². The highest BCUT2D eigenvalue weighted by atomic mass is 35.5. The molecule has 1 nitrogen and oxygen atoms in total. The predicted octanol–water partition coefficient (Wildman–Crippen LogP) is 4.69. The van der Waals surface area contributed by atoms with Gasteiger partial charge in [0.2, 0.25) is 0 Å². The zero-order chi connectivity index (χ0) is 12.6. The van der Waals surface area contributed by atoms with Gasteiger partial charge in [0.15, 0.2) is 0 Å². The van der Waals surface area contributed by atoms with Crippen molar-refractivity contribution in [1.29, 1.82) is 0 Å². The molecule has 0 amide bonds. The summed E-state index contributed by atoms with van der Waals surface area (Å²) in [5.74, 6) is 0.603. The summed E-state index contributed by atoms with van der Waals surface area (Å²) >= 11 is 0. The van der Waals surface area contributed by atoms with E-state index in [-0.39, 0.29) is 12.4 Å². The zero-order valence-corrected chi connectivity index (χ0v) is 12.7. The molecule has 0 heterocycles. The van der Waals surface area contributed by atoms with Gasteiger partial charge in [-0.2, -0.15) is 0 Å². The van der Waals surface area contributed by atoms with Gasteiger partial charge >= 0.3 is 0 Å². The van der Waals surface area contributed by atoms with Crippen LogP contribution in [0.5, 0.6) is 0 Å². The van der Waals surface area contributed by atoms with E-state index in [1.165, 1.54) is 37.7 Å². The van der Waals surface area contributed by atoms with E-state index in [0.29, 0.717) is 5.92 Å². The Balaban J connectivity index is 0.00000180. The smallest absolute Gasteiger partial charge is 0.00176 e. The summed E-state index contributed by atoms with van der Waals surface area (Å²) in [4.78, 5) is 0. The molecule has 106 valence electrons. The van der Waals surface area contributed by atoms with Gasteiger partial charge in [0.25, 0.3) is 0 Å². The van der Waals surface area contributed by atoms with Crippen LogP contribution < -0.4 is 5.32 Å². The summed E-state index contributed by atoms with van der Waals surface area (Å²) in [6, 6.07) is 10.8. The van der Waals surface area contributed by atoms with Gasteiger partial charge in [-0.25, -0.2) is 0 Å². The molecule has 1 N–H and O–H groups in total. The highest BCUT2D eigenvalue weighted by Gasteiger charge is 2.05. The Kier molecular flexibility index (Phi) is 7.85. The fourth-order valence-electron chi connectivity index (χ4n) is 2.60. The van der Waals surface area contributed by atoms with E-state index in [4.69, 9.17) is 0 Å². The van der Waals surface area contributed by atoms with Crippen molar-refractivity contribution < 1.29 is 0 Å². The third-order valence-corrected chi connectivity index (χ3v) is 3.83. The molecule has 0 spiro atoms. The number of benzene rings is 1. The van der Waals surface area contributed by atoms with Gasteiger partial charge in [-0.1, -0.05) is 48.9 Å². The van der Waals surface area contributed by atoms with Crippen molar-refractivity contribution in [3.8, 4) is 0 Å². The maximum atomic E-state index is 3.59. The molecule has 0 fully saturated rings. The number of nitrogens with one attached hydrogen (secondary N) is 1. The summed E-state index contributed by atoms with van der Waals surface area (Å²) < 4.78 is 0. The molecule has 1 aliphatic rings. The molecule has 1 unspecified atom stereocenters. The molecule has 0 saturated heterocycles. The summed E-state index contributed by atoms with van der Waals surface area (Å²) in [7, 11) is 0. The van der Waals surface area contributed by atoms with Crippen LogP contribution in [-0.4, -0.2) is 13.1 Å². The molecule has 1 atom stereocenters. The molecule has 0 aromatic heterocycles. The van der Waals surface area contributed by atoms with Crippen molar-refractivity contribution in [2.45, 2.75) is 44.9 Å². The van der Waals surface area contributed by atoms with Gasteiger partial charge in [-0.3, -0.25) is 0 Å². The number of hydrogen-bond acceptors (Lipinski definition) is 1. The quantitative estimate of drug-likeness (QED) is 0.588. The maximum absolute atomic E-state index is 3.59. The second kappa shape index (κ2) is 9.17. The van der Waals surface area contributed by atoms with E-state index < -0.39 is 0 Å². The second-order valence-corrected chi connectivity index (χ2v) is 5.37. The van der Waals surface area contributed by atoms with Crippen LogP contribution in [0.4, 0.5) is 0 Å². The Morgan fingerprint density at radius 1 is 1.16 bits per heavy atom. The van der Waals surface area contributed by atoms with E-state index >= 15 is 0 Å². The predicted molar refractivity (Wildman–Crippen MR) is 86.1 cm³/mol. The molecular weight excluding hydrogens is 254 g/mol. The summed E-state index contributed by atoms with van der Waals surface area (Å²) in [6.07, 6.45) is 9.10. The normalized spacial score (nSPS) is 16.4. The molecule has 19 heavy (non-hydrogen) atoms. The minimum Gasteiger partial charge on any atom is -0.316 e. The van der Waals surface area contributed by atoms with Crippen molar-refractivity contribution in [3.05, 3.63) is 47.5 Å². The lowest BCUT2D eigenvalue weighted by Crippen LogP contribution is -2.21. The molecule has 0 bridgehead atoms. The minimum absolute atomic E-state index is 0. The third kappa shape index (κ3) is 5.80. The van der Waals surface area contributed by atoms with E-state index in [2.05, 4.69) is 48.6 Å². The van der Waals surface area contributed by atoms with Crippen LogP contribution in [-0.2, 0) is 0 Å². The lowest BCUT2D eigenvalue weighted by Gasteiger charge is -2.15. The van der Waals surface area contributed by atoms with Crippen LogP contribution in [0, 0.1) is 0 Å². The van der Waals surface area contributed by atoms with Crippen LogP contribution >= 0.6 is 12.4 Å². The fraction of sp³-hybridized carbons (Fsp3) is 0.529. The zero-order valence-electron chi connectivity index (χ0n) is 11.9. The molecule has 0 radical (unpaired) electrons. The first-order valence-corrected chi connectivity index (χ1v) is 7.30. The average Bonchev–Trinajstić information content (AvgIpc) is 2.45. The molecular formula is C17H26ClN. The van der Waals surface area contributed by atoms with Gasteiger partial charge in [0, 0.05) is 6.54 Å². The lowest BCUT2D eigenvalue weighted by atomic mass is 9.97. The fourth-order valence-corrected chi connectivity index (χ4v) is 2.60. The van der Waals surface area contributed by atoms with Gasteiger partial charge in [0.1, 0.15) is 0 Å². The monoisotopic (exact) mass is 279 g/mol. The van der Waals surface area contributed by atoms with Crippen molar-refractivity contribution >= 4 is 12.4 Å². The first-order chi connectivity index (χ1) is 8.86. The lowest BCUT2D eigenvalue weighted by molar-refractivity contribution is 0.596. The largest absolute Gasteiger partial charge is 0.316 e. The second-order valence-electron chi connectivity index (χ2n) is 5.37. The van der Waals surface area contributed by atoms with E-state index in [1.807, 2.05) is 0 Å². The van der Waals surface area contributed by atoms with E-state index in [0.717, 1.165) is 13.1 Å². The molecule has 1 aromatic rings. The summed E-state index contributed by atoms with van der Waals surface area (Å²) in [6.45, 7) is 4.50. The van der Waals surface area contributed by atoms with Crippen LogP contribution in [0.15, 0.2) is 42.0 Å². The maximum Gasteiger partial charge on any atom is 0.00176 e. The van der Waals surface area contributed by atoms with Gasteiger partial charge in [0.05, 0.1) is 0 Å². The Morgan fingerprint density at radius 2 is 1.95 bits per heavy atom. The molecule has 0 aliphatic heterocycles. The van der Waals surface area contributed by atoms with Crippen LogP contribution in [0.25, 0.3) is 0 Å². The number of rotatable bonds is 6. The minimum atomic E-state index is 0. The Hall–Kier alpha value is -0.790. The Bertz CT molecular complexity index is 372. The van der Waals surface area contributed by atoms with Crippen LogP contribution in [0.3, 0.4) is 0 Å². The first kappa shape index (κ1) is 16.3.